The Morgan fingerprint density at radius 2 is 1.74 bits per heavy atom. The lowest BCUT2D eigenvalue weighted by Gasteiger charge is -2.41. The predicted molar refractivity (Wildman–Crippen MR) is 165 cm³/mol. The van der Waals surface area contributed by atoms with Crippen LogP contribution in [0.4, 0.5) is 4.79 Å². The molecule has 2 aliphatic rings. The van der Waals surface area contributed by atoms with Crippen molar-refractivity contribution in [2.24, 2.45) is 5.92 Å². The van der Waals surface area contributed by atoms with Gasteiger partial charge in [0.15, 0.2) is 0 Å². The van der Waals surface area contributed by atoms with Gasteiger partial charge in [-0.2, -0.15) is 4.98 Å². The zero-order valence-electron chi connectivity index (χ0n) is 24.9. The first-order valence-electron chi connectivity index (χ1n) is 15.4. The fourth-order valence-corrected chi connectivity index (χ4v) is 6.53. The predicted octanol–water partition coefficient (Wildman–Crippen LogP) is 7.55. The summed E-state index contributed by atoms with van der Waals surface area (Å²) in [4.78, 5) is 21.0. The second kappa shape index (κ2) is 14.0. The number of carbonyl (C=O) groups is 1. The van der Waals surface area contributed by atoms with Crippen molar-refractivity contribution in [2.75, 3.05) is 32.7 Å². The summed E-state index contributed by atoms with van der Waals surface area (Å²) in [5, 5.41) is 14.4. The number of hydrogen-bond acceptors (Lipinski definition) is 7. The number of hydrogen-bond donors (Lipinski definition) is 1. The molecule has 0 saturated carbocycles. The quantitative estimate of drug-likeness (QED) is 0.227. The number of nitrogens with zero attached hydrogens (tertiary/aromatic N) is 4. The molecule has 0 bridgehead atoms. The van der Waals surface area contributed by atoms with E-state index in [9.17, 15) is 9.90 Å². The molecule has 1 N–H and O–H groups in total. The van der Waals surface area contributed by atoms with Crippen molar-refractivity contribution in [3.05, 3.63) is 58.6 Å². The Hall–Kier alpha value is -2.94. The highest BCUT2D eigenvalue weighted by atomic mass is 35.5. The van der Waals surface area contributed by atoms with Crippen molar-refractivity contribution in [1.29, 1.82) is 0 Å². The van der Waals surface area contributed by atoms with Gasteiger partial charge in [0.25, 0.3) is 5.89 Å². The molecule has 0 spiro atoms. The second-order valence-electron chi connectivity index (χ2n) is 12.4. The van der Waals surface area contributed by atoms with Gasteiger partial charge >= 0.3 is 6.16 Å². The van der Waals surface area contributed by atoms with Crippen LogP contribution in [-0.4, -0.2) is 69.5 Å². The first kappa shape index (κ1) is 30.5. The minimum absolute atomic E-state index is 0.448. The van der Waals surface area contributed by atoms with Gasteiger partial charge < -0.3 is 19.3 Å². The number of aromatic nitrogens is 2. The van der Waals surface area contributed by atoms with Gasteiger partial charge in [-0.05, 0) is 80.9 Å². The second-order valence-corrected chi connectivity index (χ2v) is 12.8. The van der Waals surface area contributed by atoms with Crippen LogP contribution in [0.15, 0.2) is 47.0 Å². The van der Waals surface area contributed by atoms with Gasteiger partial charge in [0.1, 0.15) is 5.60 Å². The Bertz CT molecular complexity index is 1310. The summed E-state index contributed by atoms with van der Waals surface area (Å²) in [6.07, 6.45) is 6.85. The Kier molecular flexibility index (Phi) is 10.2. The zero-order valence-corrected chi connectivity index (χ0v) is 25.6. The summed E-state index contributed by atoms with van der Waals surface area (Å²) < 4.78 is 11.1. The first-order chi connectivity index (χ1) is 20.3. The number of likely N-dealkylation sites (tertiary alicyclic amines) is 2. The van der Waals surface area contributed by atoms with E-state index in [1.165, 1.54) is 24.8 Å². The number of piperidine rings is 2. The van der Waals surface area contributed by atoms with E-state index in [2.05, 4.69) is 45.9 Å². The van der Waals surface area contributed by atoms with E-state index in [-0.39, 0.29) is 0 Å². The minimum Gasteiger partial charge on any atom is -0.450 e. The maximum Gasteiger partial charge on any atom is 0.506 e. The number of rotatable bonds is 11. The van der Waals surface area contributed by atoms with Crippen LogP contribution in [0.5, 0.6) is 0 Å². The summed E-state index contributed by atoms with van der Waals surface area (Å²) in [7, 11) is 0. The van der Waals surface area contributed by atoms with Gasteiger partial charge in [0, 0.05) is 48.6 Å². The third kappa shape index (κ3) is 8.12. The molecule has 5 rings (SSSR count). The normalized spacial score (nSPS) is 17.9. The minimum atomic E-state index is -1.16. The molecule has 3 heterocycles. The number of ether oxygens (including phenoxy) is 1. The van der Waals surface area contributed by atoms with Crippen LogP contribution in [0.1, 0.15) is 69.9 Å². The Morgan fingerprint density at radius 3 is 2.40 bits per heavy atom. The topological polar surface area (TPSA) is 91.9 Å². The Balaban J connectivity index is 1.14. The molecule has 0 aliphatic carbocycles. The van der Waals surface area contributed by atoms with Gasteiger partial charge in [-0.1, -0.05) is 67.4 Å². The summed E-state index contributed by atoms with van der Waals surface area (Å²) >= 11 is 6.51. The summed E-state index contributed by atoms with van der Waals surface area (Å²) in [6.45, 7) is 10.1. The van der Waals surface area contributed by atoms with E-state index in [0.717, 1.165) is 88.1 Å². The van der Waals surface area contributed by atoms with Gasteiger partial charge in [0.05, 0.1) is 0 Å². The van der Waals surface area contributed by atoms with Gasteiger partial charge in [-0.3, -0.25) is 4.90 Å². The van der Waals surface area contributed by atoms with Crippen LogP contribution in [-0.2, 0) is 17.7 Å². The molecule has 0 amide bonds. The third-order valence-corrected chi connectivity index (χ3v) is 8.95. The maximum absolute atomic E-state index is 11.5. The van der Waals surface area contributed by atoms with E-state index < -0.39 is 11.8 Å². The molecule has 3 aromatic rings. The molecule has 8 nitrogen and oxygen atoms in total. The van der Waals surface area contributed by atoms with Crippen LogP contribution < -0.4 is 0 Å². The van der Waals surface area contributed by atoms with Crippen molar-refractivity contribution in [3.8, 4) is 22.8 Å². The van der Waals surface area contributed by atoms with E-state index in [0.29, 0.717) is 22.7 Å². The zero-order chi connectivity index (χ0) is 29.5. The average Bonchev–Trinajstić information content (AvgIpc) is 3.46. The van der Waals surface area contributed by atoms with E-state index in [1.807, 2.05) is 30.3 Å². The fourth-order valence-electron chi connectivity index (χ4n) is 6.28. The SMILES string of the molecule is CC(C)Cc1ccc(-c2nc(-c3ccc(CN4CCC(CCCN5CCCCC5)(OC(=O)O)CC4)cc3)no2)cc1Cl. The molecule has 2 fully saturated rings. The molecule has 42 heavy (non-hydrogen) atoms. The van der Waals surface area contributed by atoms with Crippen LogP contribution in [0.2, 0.25) is 5.02 Å². The third-order valence-electron chi connectivity index (χ3n) is 8.60. The lowest BCUT2D eigenvalue weighted by Crippen LogP contribution is -2.47. The van der Waals surface area contributed by atoms with E-state index in [1.54, 1.807) is 0 Å². The Labute approximate surface area is 254 Å². The first-order valence-corrected chi connectivity index (χ1v) is 15.7. The standard InChI is InChI=1S/C33H43ClN4O4/c1-24(2)21-27-11-12-28(22-29(27)34)31-35-30(36-42-31)26-9-7-25(8-10-26)23-38-19-14-33(15-20-38,41-32(39)40)13-6-18-37-16-4-3-5-17-37/h7-12,22,24H,3-6,13-21,23H2,1-2H3,(H,39,40). The van der Waals surface area contributed by atoms with Crippen LogP contribution in [0.25, 0.3) is 22.8 Å². The average molecular weight is 595 g/mol. The number of benzene rings is 2. The number of halogens is 1. The van der Waals surface area contributed by atoms with E-state index in [4.69, 9.17) is 20.9 Å². The Morgan fingerprint density at radius 1 is 1.02 bits per heavy atom. The van der Waals surface area contributed by atoms with Crippen LogP contribution in [0.3, 0.4) is 0 Å². The van der Waals surface area contributed by atoms with Gasteiger partial charge in [0.2, 0.25) is 5.82 Å². The van der Waals surface area contributed by atoms with Gasteiger partial charge in [-0.25, -0.2) is 4.79 Å². The molecule has 9 heteroatoms. The molecule has 2 aromatic carbocycles. The monoisotopic (exact) mass is 594 g/mol. The highest BCUT2D eigenvalue weighted by molar-refractivity contribution is 6.31. The molecule has 2 saturated heterocycles. The maximum atomic E-state index is 11.5. The molecular weight excluding hydrogens is 552 g/mol. The van der Waals surface area contributed by atoms with Crippen molar-refractivity contribution in [1.82, 2.24) is 19.9 Å². The summed E-state index contributed by atoms with van der Waals surface area (Å²) in [5.41, 5.74) is 3.43. The molecule has 2 aliphatic heterocycles. The molecule has 1 aromatic heterocycles. The molecule has 0 unspecified atom stereocenters. The van der Waals surface area contributed by atoms with Gasteiger partial charge in [-0.15, -0.1) is 0 Å². The molecule has 0 atom stereocenters. The van der Waals surface area contributed by atoms with E-state index >= 15 is 0 Å². The lowest BCUT2D eigenvalue weighted by atomic mass is 9.86. The smallest absolute Gasteiger partial charge is 0.450 e. The lowest BCUT2D eigenvalue weighted by molar-refractivity contribution is -0.0641. The molecule has 226 valence electrons. The van der Waals surface area contributed by atoms with Crippen LogP contribution in [0, 0.1) is 5.92 Å². The highest BCUT2D eigenvalue weighted by Gasteiger charge is 2.38. The van der Waals surface area contributed by atoms with Crippen molar-refractivity contribution < 1.29 is 19.2 Å². The molecule has 0 radical (unpaired) electrons. The summed E-state index contributed by atoms with van der Waals surface area (Å²) in [5.74, 6) is 1.51. The molecular formula is C33H43ClN4O4. The van der Waals surface area contributed by atoms with Crippen molar-refractivity contribution >= 4 is 17.8 Å². The summed E-state index contributed by atoms with van der Waals surface area (Å²) in [6, 6.07) is 14.1. The largest absolute Gasteiger partial charge is 0.506 e. The highest BCUT2D eigenvalue weighted by Crippen LogP contribution is 2.33. The number of carboxylic acid groups (broad SMARTS) is 1. The van der Waals surface area contributed by atoms with Crippen molar-refractivity contribution in [3.63, 3.8) is 0 Å². The fraction of sp³-hybridized carbons (Fsp3) is 0.545. The van der Waals surface area contributed by atoms with Crippen molar-refractivity contribution in [2.45, 2.75) is 77.4 Å². The van der Waals surface area contributed by atoms with Crippen LogP contribution >= 0.6 is 11.6 Å².